The van der Waals surface area contributed by atoms with Gasteiger partial charge in [-0.15, -0.1) is 0 Å². The number of halogens is 1. The molecule has 1 aromatic carbocycles. The number of unbranched alkanes of at least 4 members (excludes halogenated alkanes) is 3. The zero-order chi connectivity index (χ0) is 17.5. The Kier molecular flexibility index (Phi) is 7.48. The predicted octanol–water partition coefficient (Wildman–Crippen LogP) is 2.55. The normalized spacial score (nSPS) is 23.2. The van der Waals surface area contributed by atoms with Crippen LogP contribution >= 0.6 is 15.9 Å². The smallest absolute Gasteiger partial charge is 0.240 e. The Morgan fingerprint density at radius 2 is 2.12 bits per heavy atom. The van der Waals surface area contributed by atoms with E-state index >= 15 is 0 Å². The van der Waals surface area contributed by atoms with Crippen molar-refractivity contribution in [2.45, 2.75) is 51.6 Å². The van der Waals surface area contributed by atoms with Crippen LogP contribution in [0.1, 0.15) is 51.1 Å². The molecule has 1 amide bonds. The van der Waals surface area contributed by atoms with E-state index in [0.717, 1.165) is 28.8 Å². The molecular formula is C17H27BrN4O2. The lowest BCUT2D eigenvalue weighted by Crippen LogP contribution is -2.41. The van der Waals surface area contributed by atoms with Gasteiger partial charge in [0.25, 0.3) is 0 Å². The third-order valence-corrected chi connectivity index (χ3v) is 5.00. The van der Waals surface area contributed by atoms with Crippen LogP contribution in [0.15, 0.2) is 22.7 Å². The summed E-state index contributed by atoms with van der Waals surface area (Å²) < 4.78 is 6.73. The van der Waals surface area contributed by atoms with E-state index in [1.165, 1.54) is 19.3 Å². The molecule has 1 aliphatic heterocycles. The van der Waals surface area contributed by atoms with Gasteiger partial charge < -0.3 is 4.74 Å². The molecule has 0 spiro atoms. The van der Waals surface area contributed by atoms with E-state index in [-0.39, 0.29) is 23.9 Å². The topological polar surface area (TPSA) is 88.4 Å². The minimum atomic E-state index is -0.275. The lowest BCUT2D eigenvalue weighted by Gasteiger charge is -2.20. The lowest BCUT2D eigenvalue weighted by molar-refractivity contribution is -0.125. The molecule has 1 aromatic rings. The molecule has 1 heterocycles. The average Bonchev–Trinajstić information content (AvgIpc) is 2.96. The van der Waals surface area contributed by atoms with Crippen molar-refractivity contribution in [1.29, 1.82) is 0 Å². The van der Waals surface area contributed by atoms with Gasteiger partial charge in [0.15, 0.2) is 0 Å². The number of hydrogen-bond donors (Lipinski definition) is 4. The van der Waals surface area contributed by atoms with E-state index in [0.29, 0.717) is 0 Å². The fourth-order valence-electron chi connectivity index (χ4n) is 2.99. The number of nitrogens with two attached hydrogens (primary N) is 1. The van der Waals surface area contributed by atoms with Crippen molar-refractivity contribution in [3.63, 3.8) is 0 Å². The third kappa shape index (κ3) is 4.69. The maximum atomic E-state index is 12.0. The van der Waals surface area contributed by atoms with Gasteiger partial charge in [0.1, 0.15) is 5.75 Å². The molecule has 1 aliphatic rings. The molecule has 0 saturated carbocycles. The number of benzene rings is 1. The summed E-state index contributed by atoms with van der Waals surface area (Å²) in [5.41, 5.74) is 9.54. The number of amides is 1. The van der Waals surface area contributed by atoms with E-state index < -0.39 is 0 Å². The van der Waals surface area contributed by atoms with Crippen LogP contribution in [0.2, 0.25) is 0 Å². The van der Waals surface area contributed by atoms with Gasteiger partial charge >= 0.3 is 0 Å². The zero-order valence-corrected chi connectivity index (χ0v) is 15.9. The molecule has 24 heavy (non-hydrogen) atoms. The zero-order valence-electron chi connectivity index (χ0n) is 14.3. The molecule has 0 radical (unpaired) electrons. The van der Waals surface area contributed by atoms with Crippen molar-refractivity contribution >= 4 is 21.8 Å². The molecule has 7 heteroatoms. The van der Waals surface area contributed by atoms with Crippen LogP contribution in [-0.2, 0) is 4.79 Å². The average molecular weight is 399 g/mol. The van der Waals surface area contributed by atoms with Crippen LogP contribution in [0.4, 0.5) is 0 Å². The van der Waals surface area contributed by atoms with Gasteiger partial charge in [-0.05, 0) is 47.0 Å². The summed E-state index contributed by atoms with van der Waals surface area (Å²) in [5, 5.41) is 0. The van der Waals surface area contributed by atoms with E-state index in [4.69, 9.17) is 10.6 Å². The molecule has 1 fully saturated rings. The van der Waals surface area contributed by atoms with Crippen LogP contribution in [0, 0.1) is 5.92 Å². The maximum Gasteiger partial charge on any atom is 0.240 e. The molecule has 5 N–H and O–H groups in total. The van der Waals surface area contributed by atoms with Gasteiger partial charge in [0.2, 0.25) is 5.91 Å². The Labute approximate surface area is 152 Å². The summed E-state index contributed by atoms with van der Waals surface area (Å²) in [6, 6.07) is 5.78. The van der Waals surface area contributed by atoms with Gasteiger partial charge in [-0.1, -0.05) is 32.3 Å². The molecule has 3 atom stereocenters. The standard InChI is InChI=1S/C17H27BrN4O2/c1-3-4-5-6-9-24-14-8-7-12(10-13(14)18)16-15(17(23)20-19)11(2)21-22-16/h7-8,10-11,15-16,21-22H,3-6,9,19H2,1-2H3,(H,20,23). The Bertz CT molecular complexity index is 555. The summed E-state index contributed by atoms with van der Waals surface area (Å²) >= 11 is 3.57. The van der Waals surface area contributed by atoms with Crippen LogP contribution < -0.4 is 26.9 Å². The van der Waals surface area contributed by atoms with Gasteiger partial charge in [0.05, 0.1) is 23.0 Å². The summed E-state index contributed by atoms with van der Waals surface area (Å²) in [7, 11) is 0. The van der Waals surface area contributed by atoms with Crippen molar-refractivity contribution in [2.75, 3.05) is 6.61 Å². The first-order chi connectivity index (χ1) is 11.6. The highest BCUT2D eigenvalue weighted by Crippen LogP contribution is 2.34. The number of ether oxygens (including phenoxy) is 1. The van der Waals surface area contributed by atoms with Crippen molar-refractivity contribution in [3.8, 4) is 5.75 Å². The number of nitrogens with one attached hydrogen (secondary N) is 3. The fourth-order valence-corrected chi connectivity index (χ4v) is 3.50. The van der Waals surface area contributed by atoms with Gasteiger partial charge in [0, 0.05) is 6.04 Å². The monoisotopic (exact) mass is 398 g/mol. The minimum absolute atomic E-state index is 0.00758. The summed E-state index contributed by atoms with van der Waals surface area (Å²) in [6.45, 7) is 4.87. The summed E-state index contributed by atoms with van der Waals surface area (Å²) in [6.07, 6.45) is 4.72. The second-order valence-corrected chi connectivity index (χ2v) is 7.04. The molecule has 0 aliphatic carbocycles. The molecule has 0 aromatic heterocycles. The Hall–Kier alpha value is -1.15. The van der Waals surface area contributed by atoms with Crippen LogP contribution in [0.5, 0.6) is 5.75 Å². The summed E-state index contributed by atoms with van der Waals surface area (Å²) in [5.74, 6) is 5.68. The highest BCUT2D eigenvalue weighted by molar-refractivity contribution is 9.10. The lowest BCUT2D eigenvalue weighted by atomic mass is 9.89. The highest BCUT2D eigenvalue weighted by atomic mass is 79.9. The number of carbonyl (C=O) groups excluding carboxylic acids is 1. The van der Waals surface area contributed by atoms with Crippen LogP contribution in [-0.4, -0.2) is 18.6 Å². The van der Waals surface area contributed by atoms with Crippen LogP contribution in [0.25, 0.3) is 0 Å². The van der Waals surface area contributed by atoms with Crippen molar-refractivity contribution in [2.24, 2.45) is 11.8 Å². The second-order valence-electron chi connectivity index (χ2n) is 6.19. The first-order valence-electron chi connectivity index (χ1n) is 8.52. The number of hydrazine groups is 2. The van der Waals surface area contributed by atoms with Crippen molar-refractivity contribution in [1.82, 2.24) is 16.3 Å². The Morgan fingerprint density at radius 1 is 1.33 bits per heavy atom. The Morgan fingerprint density at radius 3 is 2.79 bits per heavy atom. The van der Waals surface area contributed by atoms with E-state index in [1.807, 2.05) is 25.1 Å². The SMILES string of the molecule is CCCCCCOc1ccc(C2NNC(C)C2C(=O)NN)cc1Br. The quantitative estimate of drug-likeness (QED) is 0.234. The first-order valence-corrected chi connectivity index (χ1v) is 9.31. The molecule has 0 bridgehead atoms. The molecule has 134 valence electrons. The molecular weight excluding hydrogens is 372 g/mol. The third-order valence-electron chi connectivity index (χ3n) is 4.38. The molecule has 1 saturated heterocycles. The number of hydrogen-bond acceptors (Lipinski definition) is 5. The van der Waals surface area contributed by atoms with Crippen LogP contribution in [0.3, 0.4) is 0 Å². The number of carbonyl (C=O) groups is 1. The first kappa shape index (κ1) is 19.2. The van der Waals surface area contributed by atoms with E-state index in [1.54, 1.807) is 0 Å². The van der Waals surface area contributed by atoms with Gasteiger partial charge in [-0.3, -0.25) is 15.6 Å². The Balaban J connectivity index is 2.02. The molecule has 6 nitrogen and oxygen atoms in total. The minimum Gasteiger partial charge on any atom is -0.492 e. The molecule has 2 rings (SSSR count). The molecule has 3 unspecified atom stereocenters. The van der Waals surface area contributed by atoms with E-state index in [2.05, 4.69) is 39.1 Å². The largest absolute Gasteiger partial charge is 0.492 e. The fraction of sp³-hybridized carbons (Fsp3) is 0.588. The van der Waals surface area contributed by atoms with Gasteiger partial charge in [-0.2, -0.15) is 0 Å². The van der Waals surface area contributed by atoms with Crippen molar-refractivity contribution < 1.29 is 9.53 Å². The highest BCUT2D eigenvalue weighted by Gasteiger charge is 2.39. The predicted molar refractivity (Wildman–Crippen MR) is 98.1 cm³/mol. The number of rotatable bonds is 8. The maximum absolute atomic E-state index is 12.0. The summed E-state index contributed by atoms with van der Waals surface area (Å²) in [4.78, 5) is 12.0. The van der Waals surface area contributed by atoms with Crippen molar-refractivity contribution in [3.05, 3.63) is 28.2 Å². The second kappa shape index (κ2) is 9.36. The van der Waals surface area contributed by atoms with E-state index in [9.17, 15) is 4.79 Å². The van der Waals surface area contributed by atoms with Gasteiger partial charge in [-0.25, -0.2) is 11.3 Å².